The first kappa shape index (κ1) is 39.7. The van der Waals surface area contributed by atoms with E-state index in [-0.39, 0.29) is 84.0 Å². The lowest BCUT2D eigenvalue weighted by Crippen LogP contribution is -2.13. The molecular weight excluding hydrogens is 745 g/mol. The summed E-state index contributed by atoms with van der Waals surface area (Å²) in [6.07, 6.45) is 0. The van der Waals surface area contributed by atoms with Crippen molar-refractivity contribution in [3.63, 3.8) is 0 Å². The van der Waals surface area contributed by atoms with Crippen LogP contribution in [0.1, 0.15) is 54.1 Å². The van der Waals surface area contributed by atoms with E-state index < -0.39 is 11.9 Å². The van der Waals surface area contributed by atoms with Crippen LogP contribution in [0.5, 0.6) is 28.7 Å². The van der Waals surface area contributed by atoms with Crippen LogP contribution < -0.4 is 23.7 Å². The second kappa shape index (κ2) is 19.1. The molecule has 0 heterocycles. The zero-order chi connectivity index (χ0) is 41.0. The molecule has 0 saturated heterocycles. The van der Waals surface area contributed by atoms with E-state index in [1.807, 2.05) is 152 Å². The Morgan fingerprint density at radius 1 is 0.390 bits per heavy atom. The van der Waals surface area contributed by atoms with Gasteiger partial charge in [-0.25, -0.2) is 9.59 Å². The molecule has 7 rings (SSSR count). The minimum absolute atomic E-state index is 0.00613. The van der Waals surface area contributed by atoms with Crippen molar-refractivity contribution in [3.05, 3.63) is 208 Å². The molecule has 0 unspecified atom stereocenters. The molecule has 0 fully saturated rings. The Balaban J connectivity index is 1.46. The molecule has 7 aromatic carbocycles. The maximum atomic E-state index is 13.5. The zero-order valence-corrected chi connectivity index (χ0v) is 32.4. The molecule has 0 saturated carbocycles. The summed E-state index contributed by atoms with van der Waals surface area (Å²) in [5.41, 5.74) is 4.05. The van der Waals surface area contributed by atoms with Gasteiger partial charge in [-0.1, -0.05) is 152 Å². The van der Waals surface area contributed by atoms with Crippen LogP contribution in [0.15, 0.2) is 164 Å². The van der Waals surface area contributed by atoms with Gasteiger partial charge in [-0.15, -0.1) is 0 Å². The molecule has 0 aliphatic rings. The SMILES string of the molecule is Cc1c(OCc2ccccc2)c(OCc2ccccc2)cc(C(=O)O)c1-c1c(C(=O)O)cc(OCc2ccccc2)c(OCc2ccccc2)c1OCc1ccccc1. The van der Waals surface area contributed by atoms with Gasteiger partial charge in [-0.2, -0.15) is 0 Å². The van der Waals surface area contributed by atoms with Gasteiger partial charge in [0.2, 0.25) is 5.75 Å². The molecule has 59 heavy (non-hydrogen) atoms. The van der Waals surface area contributed by atoms with Crippen molar-refractivity contribution in [2.24, 2.45) is 0 Å². The molecule has 0 bridgehead atoms. The average Bonchev–Trinajstić information content (AvgIpc) is 3.27. The number of hydrogen-bond donors (Lipinski definition) is 2. The Morgan fingerprint density at radius 2 is 0.678 bits per heavy atom. The highest BCUT2D eigenvalue weighted by Gasteiger charge is 2.33. The Labute approximate surface area is 342 Å². The molecule has 9 heteroatoms. The van der Waals surface area contributed by atoms with Crippen LogP contribution in [-0.4, -0.2) is 22.2 Å². The number of carbonyl (C=O) groups is 2. The van der Waals surface area contributed by atoms with Crippen LogP contribution in [-0.2, 0) is 33.0 Å². The third-order valence-electron chi connectivity index (χ3n) is 9.55. The highest BCUT2D eigenvalue weighted by Crippen LogP contribution is 2.52. The minimum Gasteiger partial charge on any atom is -0.485 e. The first-order valence-electron chi connectivity index (χ1n) is 19.0. The first-order valence-corrected chi connectivity index (χ1v) is 19.0. The standard InChI is InChI=1S/C50H42O9/c1-34-44(40(49(51)52)27-42(55-29-35-17-7-2-8-18-35)46(34)57-31-37-21-11-4-12-22-37)45-41(50(53)54)28-43(56-30-36-19-9-3-10-20-36)47(58-32-38-23-13-5-14-24-38)48(45)59-33-39-25-15-6-16-26-39/h2-28H,29-33H2,1H3,(H,51,52)(H,53,54). The summed E-state index contributed by atoms with van der Waals surface area (Å²) in [5, 5.41) is 21.9. The van der Waals surface area contributed by atoms with Gasteiger partial charge in [-0.3, -0.25) is 0 Å². The van der Waals surface area contributed by atoms with Crippen LogP contribution in [0, 0.1) is 6.92 Å². The molecule has 0 radical (unpaired) electrons. The molecule has 9 nitrogen and oxygen atoms in total. The van der Waals surface area contributed by atoms with Crippen LogP contribution in [0.2, 0.25) is 0 Å². The second-order valence-electron chi connectivity index (χ2n) is 13.7. The van der Waals surface area contributed by atoms with Gasteiger partial charge in [0.05, 0.1) is 11.1 Å². The fourth-order valence-electron chi connectivity index (χ4n) is 6.62. The predicted molar refractivity (Wildman–Crippen MR) is 224 cm³/mol. The van der Waals surface area contributed by atoms with E-state index in [1.165, 1.54) is 12.1 Å². The highest BCUT2D eigenvalue weighted by atomic mass is 16.5. The summed E-state index contributed by atoms with van der Waals surface area (Å²) in [5.74, 6) is -2.04. The fourth-order valence-corrected chi connectivity index (χ4v) is 6.62. The van der Waals surface area contributed by atoms with E-state index >= 15 is 0 Å². The molecule has 0 aromatic heterocycles. The number of hydrogen-bond acceptors (Lipinski definition) is 7. The summed E-state index contributed by atoms with van der Waals surface area (Å²) in [6, 6.07) is 50.0. The highest BCUT2D eigenvalue weighted by molar-refractivity contribution is 6.06. The molecule has 2 N–H and O–H groups in total. The van der Waals surface area contributed by atoms with Gasteiger partial charge >= 0.3 is 11.9 Å². The average molecular weight is 787 g/mol. The molecule has 0 atom stereocenters. The minimum atomic E-state index is -1.34. The molecule has 0 spiro atoms. The Kier molecular flexibility index (Phi) is 12.8. The third-order valence-corrected chi connectivity index (χ3v) is 9.55. The number of carboxylic acid groups (broad SMARTS) is 2. The van der Waals surface area contributed by atoms with Gasteiger partial charge in [0, 0.05) is 16.7 Å². The zero-order valence-electron chi connectivity index (χ0n) is 32.4. The van der Waals surface area contributed by atoms with E-state index in [4.69, 9.17) is 23.7 Å². The van der Waals surface area contributed by atoms with E-state index in [1.54, 1.807) is 6.92 Å². The van der Waals surface area contributed by atoms with E-state index in [0.29, 0.717) is 5.56 Å². The number of ether oxygens (including phenoxy) is 5. The van der Waals surface area contributed by atoms with Crippen molar-refractivity contribution in [2.75, 3.05) is 0 Å². The van der Waals surface area contributed by atoms with Crippen LogP contribution in [0.25, 0.3) is 11.1 Å². The molecule has 0 aliphatic carbocycles. The number of rotatable bonds is 18. The molecule has 7 aromatic rings. The number of aromatic carboxylic acids is 2. The molecular formula is C50H42O9. The van der Waals surface area contributed by atoms with Crippen LogP contribution >= 0.6 is 0 Å². The van der Waals surface area contributed by atoms with Crippen molar-refractivity contribution in [1.29, 1.82) is 0 Å². The Bertz CT molecular complexity index is 2490. The Morgan fingerprint density at radius 3 is 1.03 bits per heavy atom. The van der Waals surface area contributed by atoms with Crippen molar-refractivity contribution < 1.29 is 43.5 Å². The summed E-state index contributed by atoms with van der Waals surface area (Å²) in [7, 11) is 0. The third kappa shape index (κ3) is 9.90. The van der Waals surface area contributed by atoms with Gasteiger partial charge in [-0.05, 0) is 46.9 Å². The topological polar surface area (TPSA) is 121 Å². The maximum absolute atomic E-state index is 13.5. The molecule has 296 valence electrons. The normalized spacial score (nSPS) is 10.7. The lowest BCUT2D eigenvalue weighted by atomic mass is 9.89. The monoisotopic (exact) mass is 786 g/mol. The predicted octanol–water partition coefficient (Wildman–Crippen LogP) is 11.0. The van der Waals surface area contributed by atoms with E-state index in [2.05, 4.69) is 0 Å². The quantitative estimate of drug-likeness (QED) is 0.0875. The maximum Gasteiger partial charge on any atom is 0.336 e. The van der Waals surface area contributed by atoms with Crippen LogP contribution in [0.4, 0.5) is 0 Å². The summed E-state index contributed by atoms with van der Waals surface area (Å²) in [4.78, 5) is 26.9. The van der Waals surface area contributed by atoms with Crippen molar-refractivity contribution in [2.45, 2.75) is 40.0 Å². The second-order valence-corrected chi connectivity index (χ2v) is 13.7. The number of carboxylic acids is 2. The lowest BCUT2D eigenvalue weighted by Gasteiger charge is -2.25. The smallest absolute Gasteiger partial charge is 0.336 e. The van der Waals surface area contributed by atoms with Crippen molar-refractivity contribution >= 4 is 11.9 Å². The van der Waals surface area contributed by atoms with Crippen molar-refractivity contribution in [1.82, 2.24) is 0 Å². The van der Waals surface area contributed by atoms with Gasteiger partial charge in [0.1, 0.15) is 33.0 Å². The number of benzene rings is 7. The largest absolute Gasteiger partial charge is 0.485 e. The van der Waals surface area contributed by atoms with Gasteiger partial charge in [0.25, 0.3) is 0 Å². The summed E-state index contributed by atoms with van der Waals surface area (Å²) in [6.45, 7) is 2.08. The van der Waals surface area contributed by atoms with E-state index in [9.17, 15) is 19.8 Å². The summed E-state index contributed by atoms with van der Waals surface area (Å²) >= 11 is 0. The van der Waals surface area contributed by atoms with Gasteiger partial charge in [0.15, 0.2) is 23.0 Å². The van der Waals surface area contributed by atoms with Crippen LogP contribution in [0.3, 0.4) is 0 Å². The fraction of sp³-hybridized carbons (Fsp3) is 0.120. The molecule has 0 aliphatic heterocycles. The van der Waals surface area contributed by atoms with Gasteiger partial charge < -0.3 is 33.9 Å². The first-order chi connectivity index (χ1) is 28.9. The lowest BCUT2D eigenvalue weighted by molar-refractivity contribution is 0.0683. The molecule has 0 amide bonds. The van der Waals surface area contributed by atoms with E-state index in [0.717, 1.165) is 27.8 Å². The Hall–Kier alpha value is -7.52. The summed E-state index contributed by atoms with van der Waals surface area (Å²) < 4.78 is 32.4. The van der Waals surface area contributed by atoms with Crippen molar-refractivity contribution in [3.8, 4) is 39.9 Å².